The molecule has 0 amide bonds. The third-order valence-corrected chi connectivity index (χ3v) is 13.0. The minimum Gasteiger partial charge on any atom is -0.310 e. The number of hydrogen-bond acceptors (Lipinski definition) is 1. The molecular weight excluding hydrogens is 687 g/mol. The highest BCUT2D eigenvalue weighted by molar-refractivity contribution is 6.02. The van der Waals surface area contributed by atoms with Crippen molar-refractivity contribution in [1.82, 2.24) is 0 Å². The molecule has 0 N–H and O–H groups in total. The minimum absolute atomic E-state index is 0.0785. The maximum absolute atomic E-state index is 2.53. The van der Waals surface area contributed by atoms with Crippen LogP contribution in [0, 0.1) is 0 Å². The fourth-order valence-electron chi connectivity index (χ4n) is 10.1. The zero-order chi connectivity index (χ0) is 38.5. The Labute approximate surface area is 335 Å². The zero-order valence-electron chi connectivity index (χ0n) is 32.8. The third kappa shape index (κ3) is 5.08. The average Bonchev–Trinajstić information content (AvgIpc) is 3.62. The maximum atomic E-state index is 2.53. The van der Waals surface area contributed by atoms with Crippen LogP contribution in [-0.4, -0.2) is 0 Å². The number of fused-ring (bicyclic) bond motifs is 8. The van der Waals surface area contributed by atoms with Gasteiger partial charge in [-0.3, -0.25) is 0 Å². The van der Waals surface area contributed by atoms with Crippen molar-refractivity contribution in [2.24, 2.45) is 0 Å². The predicted octanol–water partition coefficient (Wildman–Crippen LogP) is 15.4. The Kier molecular flexibility index (Phi) is 7.32. The summed E-state index contributed by atoms with van der Waals surface area (Å²) in [4.78, 5) is 2.53. The third-order valence-electron chi connectivity index (χ3n) is 13.0. The molecular formula is C56H43N. The molecule has 0 spiro atoms. The fraction of sp³-hybridized carbons (Fsp3) is 0.107. The molecule has 0 bridgehead atoms. The first kappa shape index (κ1) is 33.6. The van der Waals surface area contributed by atoms with E-state index in [0.717, 1.165) is 17.1 Å². The highest BCUT2D eigenvalue weighted by Crippen LogP contribution is 2.54. The van der Waals surface area contributed by atoms with E-state index in [9.17, 15) is 0 Å². The molecule has 272 valence electrons. The summed E-state index contributed by atoms with van der Waals surface area (Å²) in [6.07, 6.45) is 0. The second-order valence-electron chi connectivity index (χ2n) is 17.0. The monoisotopic (exact) mass is 729 g/mol. The molecule has 0 atom stereocenters. The Bertz CT molecular complexity index is 3090. The van der Waals surface area contributed by atoms with Gasteiger partial charge in [-0.1, -0.05) is 173 Å². The number of anilines is 3. The number of rotatable bonds is 5. The normalized spacial score (nSPS) is 14.2. The van der Waals surface area contributed by atoms with Gasteiger partial charge in [0.15, 0.2) is 0 Å². The first-order valence-corrected chi connectivity index (χ1v) is 20.2. The summed E-state index contributed by atoms with van der Waals surface area (Å²) < 4.78 is 0. The van der Waals surface area contributed by atoms with Crippen molar-refractivity contribution in [3.05, 3.63) is 210 Å². The minimum atomic E-state index is -0.136. The lowest BCUT2D eigenvalue weighted by Gasteiger charge is -2.31. The molecule has 0 unspecified atom stereocenters. The van der Waals surface area contributed by atoms with Gasteiger partial charge in [-0.15, -0.1) is 0 Å². The summed E-state index contributed by atoms with van der Waals surface area (Å²) >= 11 is 0. The van der Waals surface area contributed by atoms with E-state index >= 15 is 0 Å². The molecule has 2 aliphatic carbocycles. The summed E-state index contributed by atoms with van der Waals surface area (Å²) in [5.74, 6) is 0. The Balaban J connectivity index is 1.21. The van der Waals surface area contributed by atoms with Crippen LogP contribution in [0.25, 0.3) is 66.1 Å². The Morgan fingerprint density at radius 3 is 1.51 bits per heavy atom. The molecule has 2 aliphatic rings. The van der Waals surface area contributed by atoms with E-state index in [2.05, 4.69) is 221 Å². The van der Waals surface area contributed by atoms with E-state index in [1.54, 1.807) is 0 Å². The summed E-state index contributed by atoms with van der Waals surface area (Å²) in [7, 11) is 0. The lowest BCUT2D eigenvalue weighted by atomic mass is 9.82. The number of nitrogens with zero attached hydrogens (tertiary/aromatic N) is 1. The van der Waals surface area contributed by atoms with Crippen LogP contribution in [-0.2, 0) is 10.8 Å². The SMILES string of the molecule is CC1(C)c2ccccc2-c2cc(N(c3ccc4c(c3)C(C)(C)c3ccccc3-4)c3cccc(-c4ccc5ccccc5c4)c3-c3ccc4ccccc4c3)ccc21. The van der Waals surface area contributed by atoms with Crippen molar-refractivity contribution < 1.29 is 0 Å². The standard InChI is InChI=1S/C56H43N/c1-55(2)50-22-12-10-19-46(50)48-34-42(29-31-51(48)55)57(43-28-30-47-45-18-9-11-21-49(45)56(3,4)52(47)35-43)53-23-13-20-44(40-26-24-36-14-5-7-16-38(36)32-40)54(53)41-27-25-37-15-6-8-17-39(37)33-41/h5-35H,1-4H3. The molecule has 0 aliphatic heterocycles. The van der Waals surface area contributed by atoms with Gasteiger partial charge in [-0.05, 0) is 125 Å². The Morgan fingerprint density at radius 1 is 0.316 bits per heavy atom. The van der Waals surface area contributed by atoms with E-state index in [1.807, 2.05) is 0 Å². The van der Waals surface area contributed by atoms with E-state index < -0.39 is 0 Å². The second-order valence-corrected chi connectivity index (χ2v) is 17.0. The topological polar surface area (TPSA) is 3.24 Å². The van der Waals surface area contributed by atoms with Crippen LogP contribution in [0.2, 0.25) is 0 Å². The lowest BCUT2D eigenvalue weighted by Crippen LogP contribution is -2.17. The quantitative estimate of drug-likeness (QED) is 0.170. The van der Waals surface area contributed by atoms with Gasteiger partial charge in [0.25, 0.3) is 0 Å². The van der Waals surface area contributed by atoms with Crippen LogP contribution >= 0.6 is 0 Å². The van der Waals surface area contributed by atoms with E-state index in [4.69, 9.17) is 0 Å². The molecule has 0 saturated carbocycles. The fourth-order valence-corrected chi connectivity index (χ4v) is 10.1. The molecule has 0 fully saturated rings. The average molecular weight is 730 g/mol. The number of hydrogen-bond donors (Lipinski definition) is 0. The van der Waals surface area contributed by atoms with Gasteiger partial charge in [0.1, 0.15) is 0 Å². The molecule has 0 heterocycles. The highest BCUT2D eigenvalue weighted by atomic mass is 15.1. The molecule has 0 aromatic heterocycles. The smallest absolute Gasteiger partial charge is 0.0546 e. The van der Waals surface area contributed by atoms with Gasteiger partial charge in [0.05, 0.1) is 5.69 Å². The van der Waals surface area contributed by atoms with Gasteiger partial charge < -0.3 is 4.90 Å². The van der Waals surface area contributed by atoms with Crippen LogP contribution in [0.3, 0.4) is 0 Å². The summed E-state index contributed by atoms with van der Waals surface area (Å²) in [6.45, 7) is 9.47. The van der Waals surface area contributed by atoms with Crippen molar-refractivity contribution in [3.63, 3.8) is 0 Å². The molecule has 1 heteroatoms. The molecule has 11 rings (SSSR count). The van der Waals surface area contributed by atoms with Crippen LogP contribution in [0.4, 0.5) is 17.1 Å². The zero-order valence-corrected chi connectivity index (χ0v) is 32.8. The molecule has 0 saturated heterocycles. The lowest BCUT2D eigenvalue weighted by molar-refractivity contribution is 0.660. The van der Waals surface area contributed by atoms with Crippen molar-refractivity contribution >= 4 is 38.6 Å². The van der Waals surface area contributed by atoms with Crippen molar-refractivity contribution in [2.75, 3.05) is 4.90 Å². The van der Waals surface area contributed by atoms with E-state index in [-0.39, 0.29) is 10.8 Å². The predicted molar refractivity (Wildman–Crippen MR) is 242 cm³/mol. The highest BCUT2D eigenvalue weighted by Gasteiger charge is 2.38. The summed E-state index contributed by atoms with van der Waals surface area (Å²) in [6, 6.07) is 70.4. The molecule has 0 radical (unpaired) electrons. The van der Waals surface area contributed by atoms with Crippen LogP contribution in [0.15, 0.2) is 188 Å². The largest absolute Gasteiger partial charge is 0.310 e. The molecule has 9 aromatic carbocycles. The summed E-state index contributed by atoms with van der Waals surface area (Å²) in [5, 5.41) is 4.95. The Morgan fingerprint density at radius 2 is 0.807 bits per heavy atom. The number of benzene rings is 9. The first-order chi connectivity index (χ1) is 27.8. The first-order valence-electron chi connectivity index (χ1n) is 20.2. The van der Waals surface area contributed by atoms with Crippen molar-refractivity contribution in [1.29, 1.82) is 0 Å². The van der Waals surface area contributed by atoms with Crippen molar-refractivity contribution in [2.45, 2.75) is 38.5 Å². The van der Waals surface area contributed by atoms with Gasteiger partial charge in [-0.2, -0.15) is 0 Å². The maximum Gasteiger partial charge on any atom is 0.0546 e. The molecule has 1 nitrogen and oxygen atoms in total. The van der Waals surface area contributed by atoms with Crippen LogP contribution in [0.1, 0.15) is 49.9 Å². The van der Waals surface area contributed by atoms with Gasteiger partial charge in [-0.25, -0.2) is 0 Å². The van der Waals surface area contributed by atoms with E-state index in [1.165, 1.54) is 88.3 Å². The van der Waals surface area contributed by atoms with E-state index in [0.29, 0.717) is 0 Å². The summed E-state index contributed by atoms with van der Waals surface area (Å²) in [5.41, 5.74) is 18.8. The van der Waals surface area contributed by atoms with Gasteiger partial charge >= 0.3 is 0 Å². The van der Waals surface area contributed by atoms with Crippen molar-refractivity contribution in [3.8, 4) is 44.5 Å². The molecule has 9 aromatic rings. The van der Waals surface area contributed by atoms with Gasteiger partial charge in [0.2, 0.25) is 0 Å². The molecule has 57 heavy (non-hydrogen) atoms. The van der Waals surface area contributed by atoms with Gasteiger partial charge in [0, 0.05) is 27.8 Å². The second kappa shape index (κ2) is 12.4. The Hall–Kier alpha value is -6.70. The van der Waals surface area contributed by atoms with Crippen LogP contribution in [0.5, 0.6) is 0 Å². The van der Waals surface area contributed by atoms with Crippen LogP contribution < -0.4 is 4.90 Å².